The minimum Gasteiger partial charge on any atom is -0.354 e. The highest BCUT2D eigenvalue weighted by atomic mass is 35.5. The zero-order valence-corrected chi connectivity index (χ0v) is 12.1. The first-order chi connectivity index (χ1) is 7.95. The lowest BCUT2D eigenvalue weighted by molar-refractivity contribution is -0.126. The number of carbonyl (C=O) groups excluding carboxylic acids is 1. The molecule has 0 saturated carbocycles. The molecule has 0 bridgehead atoms. The zero-order valence-electron chi connectivity index (χ0n) is 11.3. The Morgan fingerprint density at radius 2 is 2.28 bits per heavy atom. The van der Waals surface area contributed by atoms with Gasteiger partial charge in [0, 0.05) is 19.8 Å². The van der Waals surface area contributed by atoms with E-state index in [-0.39, 0.29) is 18.3 Å². The molecule has 1 rings (SSSR count). The van der Waals surface area contributed by atoms with Crippen molar-refractivity contribution in [3.05, 3.63) is 18.0 Å². The third kappa shape index (κ3) is 5.06. The van der Waals surface area contributed by atoms with Gasteiger partial charge in [-0.25, -0.2) is 0 Å². The van der Waals surface area contributed by atoms with Crippen LogP contribution in [0.1, 0.15) is 32.3 Å². The van der Waals surface area contributed by atoms with Crippen molar-refractivity contribution in [2.24, 2.45) is 12.8 Å². The third-order valence-electron chi connectivity index (χ3n) is 2.75. The van der Waals surface area contributed by atoms with Crippen LogP contribution in [0.5, 0.6) is 0 Å². The second kappa shape index (κ2) is 7.38. The van der Waals surface area contributed by atoms with E-state index in [0.29, 0.717) is 13.0 Å². The summed E-state index contributed by atoms with van der Waals surface area (Å²) in [6.45, 7) is 4.39. The molecule has 0 aliphatic heterocycles. The molecule has 0 fully saturated rings. The predicted molar refractivity (Wildman–Crippen MR) is 74.7 cm³/mol. The van der Waals surface area contributed by atoms with Gasteiger partial charge in [0.05, 0.1) is 11.7 Å². The van der Waals surface area contributed by atoms with Gasteiger partial charge in [0.1, 0.15) is 0 Å². The highest BCUT2D eigenvalue weighted by molar-refractivity contribution is 5.85. The number of aryl methyl sites for hydroxylation is 1. The Morgan fingerprint density at radius 3 is 2.78 bits per heavy atom. The topological polar surface area (TPSA) is 72.9 Å². The van der Waals surface area contributed by atoms with E-state index >= 15 is 0 Å². The maximum absolute atomic E-state index is 11.8. The molecule has 1 unspecified atom stereocenters. The fourth-order valence-corrected chi connectivity index (χ4v) is 1.76. The average molecular weight is 275 g/mol. The Bertz CT molecular complexity index is 376. The maximum atomic E-state index is 11.8. The van der Waals surface area contributed by atoms with Crippen LogP contribution >= 0.6 is 12.4 Å². The average Bonchev–Trinajstić information content (AvgIpc) is 2.64. The minimum absolute atomic E-state index is 0. The van der Waals surface area contributed by atoms with Crippen LogP contribution < -0.4 is 11.1 Å². The van der Waals surface area contributed by atoms with E-state index < -0.39 is 5.54 Å². The van der Waals surface area contributed by atoms with E-state index in [2.05, 4.69) is 10.4 Å². The van der Waals surface area contributed by atoms with Crippen LogP contribution in [0.3, 0.4) is 0 Å². The number of carbonyl (C=O) groups is 1. The Morgan fingerprint density at radius 1 is 1.61 bits per heavy atom. The molecule has 0 radical (unpaired) electrons. The molecule has 0 aliphatic rings. The van der Waals surface area contributed by atoms with Crippen LogP contribution in [0.25, 0.3) is 0 Å². The highest BCUT2D eigenvalue weighted by Crippen LogP contribution is 2.08. The number of rotatable bonds is 6. The molecule has 6 heteroatoms. The van der Waals surface area contributed by atoms with Crippen molar-refractivity contribution in [1.29, 1.82) is 0 Å². The Labute approximate surface area is 115 Å². The molecule has 1 heterocycles. The van der Waals surface area contributed by atoms with E-state index in [9.17, 15) is 4.79 Å². The van der Waals surface area contributed by atoms with Crippen molar-refractivity contribution in [3.8, 4) is 0 Å². The van der Waals surface area contributed by atoms with Crippen LogP contribution in [0.4, 0.5) is 0 Å². The molecule has 0 saturated heterocycles. The van der Waals surface area contributed by atoms with Crippen molar-refractivity contribution >= 4 is 18.3 Å². The largest absolute Gasteiger partial charge is 0.354 e. The lowest BCUT2D eigenvalue weighted by Crippen LogP contribution is -2.51. The lowest BCUT2D eigenvalue weighted by Gasteiger charge is -2.22. The van der Waals surface area contributed by atoms with E-state index in [1.807, 2.05) is 20.2 Å². The molecule has 0 spiro atoms. The second-order valence-corrected chi connectivity index (χ2v) is 4.70. The second-order valence-electron chi connectivity index (χ2n) is 4.70. The summed E-state index contributed by atoms with van der Waals surface area (Å²) in [5.41, 5.74) is 6.28. The van der Waals surface area contributed by atoms with Gasteiger partial charge in [-0.05, 0) is 25.3 Å². The summed E-state index contributed by atoms with van der Waals surface area (Å²) in [5, 5.41) is 6.94. The summed E-state index contributed by atoms with van der Waals surface area (Å²) in [4.78, 5) is 11.8. The Kier molecular flexibility index (Phi) is 6.94. The van der Waals surface area contributed by atoms with Gasteiger partial charge in [0.15, 0.2) is 0 Å². The smallest absolute Gasteiger partial charge is 0.239 e. The third-order valence-corrected chi connectivity index (χ3v) is 2.75. The normalized spacial score (nSPS) is 13.6. The standard InChI is InChI=1S/C12H22N4O.ClH/c1-4-6-12(2,13)11(17)14-7-5-10-8-15-16(3)9-10;/h8-9H,4-7,13H2,1-3H3,(H,14,17);1H. The molecule has 0 aliphatic carbocycles. The fourth-order valence-electron chi connectivity index (χ4n) is 1.76. The first-order valence-electron chi connectivity index (χ1n) is 6.00. The zero-order chi connectivity index (χ0) is 12.9. The number of hydrogen-bond donors (Lipinski definition) is 2. The number of amides is 1. The molecular formula is C12H23ClN4O. The van der Waals surface area contributed by atoms with Crippen LogP contribution in [0.2, 0.25) is 0 Å². The number of halogens is 1. The van der Waals surface area contributed by atoms with Gasteiger partial charge >= 0.3 is 0 Å². The summed E-state index contributed by atoms with van der Waals surface area (Å²) in [6, 6.07) is 0. The molecule has 3 N–H and O–H groups in total. The van der Waals surface area contributed by atoms with Gasteiger partial charge in [0.25, 0.3) is 0 Å². The van der Waals surface area contributed by atoms with Crippen molar-refractivity contribution < 1.29 is 4.79 Å². The molecule has 1 aromatic heterocycles. The monoisotopic (exact) mass is 274 g/mol. The Hall–Kier alpha value is -1.07. The molecular weight excluding hydrogens is 252 g/mol. The van der Waals surface area contributed by atoms with E-state index in [1.165, 1.54) is 0 Å². The molecule has 1 amide bonds. The summed E-state index contributed by atoms with van der Waals surface area (Å²) in [7, 11) is 1.88. The number of nitrogens with one attached hydrogen (secondary N) is 1. The van der Waals surface area contributed by atoms with E-state index in [0.717, 1.165) is 18.4 Å². The molecule has 1 atom stereocenters. The van der Waals surface area contributed by atoms with Crippen LogP contribution in [0.15, 0.2) is 12.4 Å². The molecule has 0 aromatic carbocycles. The fraction of sp³-hybridized carbons (Fsp3) is 0.667. The minimum atomic E-state index is -0.760. The van der Waals surface area contributed by atoms with Gasteiger partial charge in [-0.3, -0.25) is 9.48 Å². The van der Waals surface area contributed by atoms with Gasteiger partial charge < -0.3 is 11.1 Å². The van der Waals surface area contributed by atoms with Gasteiger partial charge in [-0.2, -0.15) is 5.10 Å². The van der Waals surface area contributed by atoms with Gasteiger partial charge in [-0.15, -0.1) is 12.4 Å². The molecule has 104 valence electrons. The van der Waals surface area contributed by atoms with Crippen LogP contribution in [0, 0.1) is 0 Å². The SMILES string of the molecule is CCCC(C)(N)C(=O)NCCc1cnn(C)c1.Cl. The van der Waals surface area contributed by atoms with E-state index in [1.54, 1.807) is 17.8 Å². The Balaban J connectivity index is 0.00000289. The number of nitrogens with zero attached hydrogens (tertiary/aromatic N) is 2. The summed E-state index contributed by atoms with van der Waals surface area (Å²) >= 11 is 0. The first kappa shape index (κ1) is 16.9. The highest BCUT2D eigenvalue weighted by Gasteiger charge is 2.26. The maximum Gasteiger partial charge on any atom is 0.239 e. The lowest BCUT2D eigenvalue weighted by atomic mass is 9.96. The molecule has 1 aromatic rings. The number of aromatic nitrogens is 2. The van der Waals surface area contributed by atoms with Crippen molar-refractivity contribution in [3.63, 3.8) is 0 Å². The number of nitrogens with two attached hydrogens (primary N) is 1. The van der Waals surface area contributed by atoms with Crippen LogP contribution in [-0.2, 0) is 18.3 Å². The summed E-state index contributed by atoms with van der Waals surface area (Å²) in [6.07, 6.45) is 6.14. The van der Waals surface area contributed by atoms with Crippen molar-refractivity contribution in [2.75, 3.05) is 6.54 Å². The summed E-state index contributed by atoms with van der Waals surface area (Å²) in [5.74, 6) is -0.0803. The van der Waals surface area contributed by atoms with Crippen molar-refractivity contribution in [1.82, 2.24) is 15.1 Å². The van der Waals surface area contributed by atoms with Crippen LogP contribution in [-0.4, -0.2) is 27.8 Å². The molecule has 5 nitrogen and oxygen atoms in total. The van der Waals surface area contributed by atoms with Crippen molar-refractivity contribution in [2.45, 2.75) is 38.6 Å². The molecule has 18 heavy (non-hydrogen) atoms. The van der Waals surface area contributed by atoms with Gasteiger partial charge in [0.2, 0.25) is 5.91 Å². The van der Waals surface area contributed by atoms with Gasteiger partial charge in [-0.1, -0.05) is 13.3 Å². The number of hydrogen-bond acceptors (Lipinski definition) is 3. The predicted octanol–water partition coefficient (Wildman–Crippen LogP) is 1.02. The quantitative estimate of drug-likeness (QED) is 0.813. The summed E-state index contributed by atoms with van der Waals surface area (Å²) < 4.78 is 1.75. The first-order valence-corrected chi connectivity index (χ1v) is 6.00. The van der Waals surface area contributed by atoms with E-state index in [4.69, 9.17) is 5.73 Å².